The molecule has 0 aliphatic carbocycles. The Kier molecular flexibility index (Phi) is 6.95. The minimum absolute atomic E-state index is 0.0413. The van der Waals surface area contributed by atoms with Crippen molar-refractivity contribution in [1.29, 1.82) is 0 Å². The van der Waals surface area contributed by atoms with Crippen molar-refractivity contribution in [3.05, 3.63) is 69.7 Å². The van der Waals surface area contributed by atoms with Crippen molar-refractivity contribution in [1.82, 2.24) is 0 Å². The van der Waals surface area contributed by atoms with Crippen molar-refractivity contribution in [2.24, 2.45) is 5.92 Å². The van der Waals surface area contributed by atoms with Crippen molar-refractivity contribution in [2.45, 2.75) is 63.6 Å². The highest BCUT2D eigenvalue weighted by atomic mass is 79.9. The van der Waals surface area contributed by atoms with Crippen LogP contribution < -0.4 is 0 Å². The monoisotopic (exact) mass is 413 g/mol. The maximum atomic E-state index is 3.56. The van der Waals surface area contributed by atoms with Gasteiger partial charge in [0.1, 0.15) is 0 Å². The second kappa shape index (κ2) is 9.18. The molecule has 2 aromatic carbocycles. The summed E-state index contributed by atoms with van der Waals surface area (Å²) in [7, 11) is -0.0413. The smallest absolute Gasteiger partial charge is 0.0482 e. The molecule has 0 unspecified atom stereocenters. The average molecular weight is 414 g/mol. The van der Waals surface area contributed by atoms with Crippen LogP contribution in [-0.4, -0.2) is 8.80 Å². The van der Waals surface area contributed by atoms with Crippen molar-refractivity contribution in [3.8, 4) is 0 Å². The van der Waals surface area contributed by atoms with Crippen molar-refractivity contribution >= 4 is 24.7 Å². The van der Waals surface area contributed by atoms with Gasteiger partial charge >= 0.3 is 0 Å². The van der Waals surface area contributed by atoms with Crippen molar-refractivity contribution in [3.63, 3.8) is 0 Å². The van der Waals surface area contributed by atoms with Crippen LogP contribution in [-0.2, 0) is 12.8 Å². The molecule has 1 aliphatic heterocycles. The summed E-state index contributed by atoms with van der Waals surface area (Å²) >= 11 is 3.56. The van der Waals surface area contributed by atoms with E-state index in [9.17, 15) is 0 Å². The highest BCUT2D eigenvalue weighted by Gasteiger charge is 2.23. The molecule has 0 atom stereocenters. The molecule has 2 heteroatoms. The van der Waals surface area contributed by atoms with Crippen molar-refractivity contribution in [2.75, 3.05) is 0 Å². The van der Waals surface area contributed by atoms with E-state index < -0.39 is 0 Å². The molecule has 0 saturated carbocycles. The highest BCUT2D eigenvalue weighted by Crippen LogP contribution is 2.35. The summed E-state index contributed by atoms with van der Waals surface area (Å²) in [5.41, 5.74) is 4.45. The lowest BCUT2D eigenvalue weighted by Crippen LogP contribution is -2.21. The van der Waals surface area contributed by atoms with Crippen LogP contribution in [0.5, 0.6) is 0 Å². The van der Waals surface area contributed by atoms with Gasteiger partial charge in [0.2, 0.25) is 0 Å². The minimum atomic E-state index is -0.0413. The quantitative estimate of drug-likeness (QED) is 0.436. The lowest BCUT2D eigenvalue weighted by Gasteiger charge is -2.28. The number of benzene rings is 2. The maximum Gasteiger partial charge on any atom is 0.0482 e. The summed E-state index contributed by atoms with van der Waals surface area (Å²) < 4.78 is 1.18. The molecule has 1 aliphatic rings. The lowest BCUT2D eigenvalue weighted by atomic mass is 9.92. The fraction of sp³-hybridized carbons (Fsp3) is 0.478. The fourth-order valence-corrected chi connectivity index (χ4v) is 7.85. The van der Waals surface area contributed by atoms with Crippen LogP contribution in [0.25, 0.3) is 0 Å². The number of halogens is 1. The molecule has 0 nitrogen and oxygen atoms in total. The average Bonchev–Trinajstić information content (AvgIpc) is 2.61. The first-order chi connectivity index (χ1) is 12.1. The van der Waals surface area contributed by atoms with Crippen LogP contribution in [0.4, 0.5) is 0 Å². The van der Waals surface area contributed by atoms with E-state index in [4.69, 9.17) is 0 Å². The van der Waals surface area contributed by atoms with E-state index in [0.29, 0.717) is 0 Å². The third-order valence-electron chi connectivity index (χ3n) is 5.43. The van der Waals surface area contributed by atoms with E-state index in [1.54, 1.807) is 5.56 Å². The van der Waals surface area contributed by atoms with Gasteiger partial charge in [0.15, 0.2) is 0 Å². The molecule has 0 spiro atoms. The largest absolute Gasteiger partial charge is 0.0631 e. The minimum Gasteiger partial charge on any atom is -0.0631 e. The Morgan fingerprint density at radius 3 is 2.28 bits per heavy atom. The first-order valence-electron chi connectivity index (χ1n) is 9.77. The van der Waals surface area contributed by atoms with Crippen LogP contribution in [0.1, 0.15) is 49.3 Å². The second-order valence-corrected chi connectivity index (χ2v) is 11.8. The number of rotatable bonds is 6. The van der Waals surface area contributed by atoms with E-state index >= 15 is 0 Å². The fourth-order valence-electron chi connectivity index (χ4n) is 4.08. The Hall–Kier alpha value is -0.863. The zero-order valence-corrected chi connectivity index (χ0v) is 18.2. The van der Waals surface area contributed by atoms with E-state index in [0.717, 1.165) is 24.7 Å². The van der Waals surface area contributed by atoms with Gasteiger partial charge in [-0.25, -0.2) is 0 Å². The predicted molar refractivity (Wildman–Crippen MR) is 115 cm³/mol. The Morgan fingerprint density at radius 1 is 0.960 bits per heavy atom. The Morgan fingerprint density at radius 2 is 1.64 bits per heavy atom. The van der Waals surface area contributed by atoms with Crippen LogP contribution in [0.3, 0.4) is 0 Å². The van der Waals surface area contributed by atoms with Gasteiger partial charge < -0.3 is 0 Å². The van der Waals surface area contributed by atoms with Gasteiger partial charge in [0.05, 0.1) is 0 Å². The van der Waals surface area contributed by atoms with Gasteiger partial charge in [0, 0.05) is 13.3 Å². The molecule has 0 amide bonds. The molecule has 2 aromatic rings. The molecular formula is C23H30BrSi. The molecule has 1 heterocycles. The molecule has 25 heavy (non-hydrogen) atoms. The molecule has 0 aromatic heterocycles. The van der Waals surface area contributed by atoms with Gasteiger partial charge in [-0.2, -0.15) is 0 Å². The zero-order chi connectivity index (χ0) is 17.6. The summed E-state index contributed by atoms with van der Waals surface area (Å²) in [4.78, 5) is 0. The molecule has 1 saturated heterocycles. The van der Waals surface area contributed by atoms with Crippen LogP contribution in [0.2, 0.25) is 18.1 Å². The van der Waals surface area contributed by atoms with E-state index in [-0.39, 0.29) is 8.80 Å². The third kappa shape index (κ3) is 5.82. The molecule has 1 fully saturated rings. The lowest BCUT2D eigenvalue weighted by molar-refractivity contribution is 0.597. The van der Waals surface area contributed by atoms with Crippen LogP contribution in [0, 0.1) is 5.92 Å². The van der Waals surface area contributed by atoms with Gasteiger partial charge in [-0.1, -0.05) is 84.3 Å². The second-order valence-electron chi connectivity index (χ2n) is 7.99. The molecule has 133 valence electrons. The first-order valence-corrected chi connectivity index (χ1v) is 12.7. The topological polar surface area (TPSA) is 0 Å². The first kappa shape index (κ1) is 18.9. The SMILES string of the molecule is CC(C)C[Si]1CCC(c2ccc(CCc3cccc(Br)c3)cc2)CC1. The van der Waals surface area contributed by atoms with E-state index in [2.05, 4.69) is 78.3 Å². The Balaban J connectivity index is 1.51. The van der Waals surface area contributed by atoms with E-state index in [1.165, 1.54) is 46.6 Å². The number of aryl methyl sites for hydroxylation is 2. The number of hydrogen-bond donors (Lipinski definition) is 0. The van der Waals surface area contributed by atoms with E-state index in [1.807, 2.05) is 0 Å². The molecule has 0 bridgehead atoms. The van der Waals surface area contributed by atoms with Crippen LogP contribution >= 0.6 is 15.9 Å². The van der Waals surface area contributed by atoms with Crippen LogP contribution in [0.15, 0.2) is 53.0 Å². The normalized spacial score (nSPS) is 16.5. The molecular weight excluding hydrogens is 384 g/mol. The molecule has 3 rings (SSSR count). The maximum absolute atomic E-state index is 3.56. The summed E-state index contributed by atoms with van der Waals surface area (Å²) in [5.74, 6) is 1.72. The van der Waals surface area contributed by atoms with Crippen molar-refractivity contribution < 1.29 is 0 Å². The predicted octanol–water partition coefficient (Wildman–Crippen LogP) is 7.26. The van der Waals surface area contributed by atoms with Gasteiger partial charge in [-0.15, -0.1) is 0 Å². The number of hydrogen-bond acceptors (Lipinski definition) is 0. The van der Waals surface area contributed by atoms with Gasteiger partial charge in [-0.05, 0) is 66.3 Å². The zero-order valence-electron chi connectivity index (χ0n) is 15.6. The molecule has 1 radical (unpaired) electrons. The Labute approximate surface area is 163 Å². The third-order valence-corrected chi connectivity index (χ3v) is 9.31. The van der Waals surface area contributed by atoms with Gasteiger partial charge in [-0.3, -0.25) is 0 Å². The van der Waals surface area contributed by atoms with Gasteiger partial charge in [0.25, 0.3) is 0 Å². The summed E-state index contributed by atoms with van der Waals surface area (Å²) in [6, 6.07) is 22.8. The Bertz CT molecular complexity index is 654. The summed E-state index contributed by atoms with van der Waals surface area (Å²) in [6.45, 7) is 4.77. The highest BCUT2D eigenvalue weighted by molar-refractivity contribution is 9.10. The molecule has 0 N–H and O–H groups in total. The summed E-state index contributed by atoms with van der Waals surface area (Å²) in [5, 5.41) is 0. The summed E-state index contributed by atoms with van der Waals surface area (Å²) in [6.07, 6.45) is 5.10. The standard InChI is InChI=1S/C23H30BrSi/c1-18(2)17-25-14-12-22(13-15-25)21-10-8-19(9-11-21)6-7-20-4-3-5-23(24)16-20/h3-5,8-11,16,18,22H,6-7,12-15,17H2,1-2H3.